The number of hydrogen-bond donors (Lipinski definition) is 3. The fraction of sp³-hybridized carbons (Fsp3) is 0.368. The number of rotatable bonds is 7. The second-order valence-corrected chi connectivity index (χ2v) is 7.62. The van der Waals surface area contributed by atoms with Crippen molar-refractivity contribution in [2.24, 2.45) is 4.99 Å². The van der Waals surface area contributed by atoms with Gasteiger partial charge in [0.1, 0.15) is 0 Å². The molecule has 3 N–H and O–H groups in total. The van der Waals surface area contributed by atoms with E-state index in [0.29, 0.717) is 30.5 Å². The van der Waals surface area contributed by atoms with E-state index in [1.54, 1.807) is 11.3 Å². The van der Waals surface area contributed by atoms with Crippen LogP contribution in [-0.4, -0.2) is 25.0 Å². The van der Waals surface area contributed by atoms with Crippen LogP contribution in [0, 0.1) is 13.8 Å². The van der Waals surface area contributed by atoms with E-state index in [4.69, 9.17) is 11.6 Å². The second kappa shape index (κ2) is 10.2. The van der Waals surface area contributed by atoms with E-state index >= 15 is 0 Å². The van der Waals surface area contributed by atoms with E-state index in [-0.39, 0.29) is 5.91 Å². The van der Waals surface area contributed by atoms with Crippen molar-refractivity contribution < 1.29 is 4.79 Å². The Morgan fingerprint density at radius 2 is 2.00 bits per heavy atom. The highest BCUT2D eigenvalue weighted by molar-refractivity contribution is 7.11. The first-order valence-electron chi connectivity index (χ1n) is 8.62. The maximum absolute atomic E-state index is 12.1. The SMILES string of the molecule is CCNC(=NCc1ccc(C)s1)NCCC(=O)Nc1cccc(Cl)c1C. The quantitative estimate of drug-likeness (QED) is 0.491. The van der Waals surface area contributed by atoms with E-state index < -0.39 is 0 Å². The molecule has 0 fully saturated rings. The predicted octanol–water partition coefficient (Wildman–Crippen LogP) is 4.10. The Morgan fingerprint density at radius 3 is 2.69 bits per heavy atom. The molecule has 1 heterocycles. The number of thiophene rings is 1. The number of guanidine groups is 1. The summed E-state index contributed by atoms with van der Waals surface area (Å²) in [4.78, 5) is 19.2. The minimum absolute atomic E-state index is 0.0624. The molecule has 0 atom stereocenters. The molecule has 5 nitrogen and oxygen atoms in total. The summed E-state index contributed by atoms with van der Waals surface area (Å²) in [5, 5.41) is 9.93. The second-order valence-electron chi connectivity index (χ2n) is 5.84. The van der Waals surface area contributed by atoms with Crippen LogP contribution < -0.4 is 16.0 Å². The fourth-order valence-corrected chi connectivity index (χ4v) is 3.31. The van der Waals surface area contributed by atoms with Crippen LogP contribution in [0.2, 0.25) is 5.02 Å². The zero-order chi connectivity index (χ0) is 18.9. The smallest absolute Gasteiger partial charge is 0.226 e. The van der Waals surface area contributed by atoms with Gasteiger partial charge in [0.15, 0.2) is 5.96 Å². The van der Waals surface area contributed by atoms with Crippen LogP contribution in [0.15, 0.2) is 35.3 Å². The van der Waals surface area contributed by atoms with Gasteiger partial charge in [-0.25, -0.2) is 4.99 Å². The molecule has 1 aromatic heterocycles. The number of nitrogens with zero attached hydrogens (tertiary/aromatic N) is 1. The largest absolute Gasteiger partial charge is 0.357 e. The van der Waals surface area contributed by atoms with Gasteiger partial charge in [-0.3, -0.25) is 4.79 Å². The van der Waals surface area contributed by atoms with Crippen LogP contribution in [0.3, 0.4) is 0 Å². The Kier molecular flexibility index (Phi) is 7.94. The molecule has 1 aromatic carbocycles. The number of aliphatic imine (C=N–C) groups is 1. The monoisotopic (exact) mass is 392 g/mol. The number of hydrogen-bond acceptors (Lipinski definition) is 3. The molecule has 0 aliphatic rings. The van der Waals surface area contributed by atoms with E-state index in [1.807, 2.05) is 32.0 Å². The average molecular weight is 393 g/mol. The lowest BCUT2D eigenvalue weighted by atomic mass is 10.2. The van der Waals surface area contributed by atoms with Gasteiger partial charge in [0.05, 0.1) is 6.54 Å². The van der Waals surface area contributed by atoms with E-state index in [2.05, 4.69) is 40.0 Å². The molecule has 0 saturated heterocycles. The van der Waals surface area contributed by atoms with Gasteiger partial charge in [0.25, 0.3) is 0 Å². The van der Waals surface area contributed by atoms with Crippen molar-refractivity contribution in [2.45, 2.75) is 33.7 Å². The molecule has 140 valence electrons. The van der Waals surface area contributed by atoms with Crippen molar-refractivity contribution in [3.63, 3.8) is 0 Å². The summed E-state index contributed by atoms with van der Waals surface area (Å²) in [5.41, 5.74) is 1.62. The summed E-state index contributed by atoms with van der Waals surface area (Å²) in [6.07, 6.45) is 0.342. The van der Waals surface area contributed by atoms with Gasteiger partial charge >= 0.3 is 0 Å². The molecule has 0 bridgehead atoms. The summed E-state index contributed by atoms with van der Waals surface area (Å²) in [6, 6.07) is 9.67. The van der Waals surface area contributed by atoms with Crippen molar-refractivity contribution in [1.29, 1.82) is 0 Å². The van der Waals surface area contributed by atoms with Gasteiger partial charge < -0.3 is 16.0 Å². The van der Waals surface area contributed by atoms with Gasteiger partial charge in [-0.2, -0.15) is 0 Å². The number of halogens is 1. The van der Waals surface area contributed by atoms with E-state index in [1.165, 1.54) is 9.75 Å². The maximum Gasteiger partial charge on any atom is 0.226 e. The number of nitrogens with one attached hydrogen (secondary N) is 3. The Morgan fingerprint density at radius 1 is 1.19 bits per heavy atom. The van der Waals surface area contributed by atoms with Crippen LogP contribution in [-0.2, 0) is 11.3 Å². The van der Waals surface area contributed by atoms with Crippen molar-refractivity contribution in [3.8, 4) is 0 Å². The Balaban J connectivity index is 1.82. The van der Waals surface area contributed by atoms with Crippen molar-refractivity contribution >= 4 is 40.5 Å². The fourth-order valence-electron chi connectivity index (χ4n) is 2.32. The Labute approximate surface area is 163 Å². The van der Waals surface area contributed by atoms with Gasteiger partial charge in [-0.15, -0.1) is 11.3 Å². The summed E-state index contributed by atoms with van der Waals surface area (Å²) in [6.45, 7) is 7.88. The highest BCUT2D eigenvalue weighted by Gasteiger charge is 2.07. The third kappa shape index (κ3) is 6.35. The van der Waals surface area contributed by atoms with E-state index in [0.717, 1.165) is 17.8 Å². The van der Waals surface area contributed by atoms with Gasteiger partial charge in [-0.1, -0.05) is 17.7 Å². The molecule has 0 spiro atoms. The first kappa shape index (κ1) is 20.3. The maximum atomic E-state index is 12.1. The molecular weight excluding hydrogens is 368 g/mol. The predicted molar refractivity (Wildman–Crippen MR) is 111 cm³/mol. The molecule has 2 aromatic rings. The van der Waals surface area contributed by atoms with Gasteiger partial charge in [0.2, 0.25) is 5.91 Å². The normalized spacial score (nSPS) is 11.3. The number of amides is 1. The molecule has 1 amide bonds. The molecular formula is C19H25ClN4OS. The lowest BCUT2D eigenvalue weighted by Gasteiger charge is -2.12. The van der Waals surface area contributed by atoms with Crippen LogP contribution in [0.5, 0.6) is 0 Å². The molecule has 2 rings (SSSR count). The van der Waals surface area contributed by atoms with Crippen molar-refractivity contribution in [3.05, 3.63) is 50.7 Å². The Hall–Kier alpha value is -2.05. The molecule has 7 heteroatoms. The average Bonchev–Trinajstić information content (AvgIpc) is 3.02. The third-order valence-corrected chi connectivity index (χ3v) is 5.11. The van der Waals surface area contributed by atoms with Crippen LogP contribution in [0.4, 0.5) is 5.69 Å². The number of carbonyl (C=O) groups excluding carboxylic acids is 1. The first-order valence-corrected chi connectivity index (χ1v) is 9.81. The summed E-state index contributed by atoms with van der Waals surface area (Å²) in [5.74, 6) is 0.651. The zero-order valence-electron chi connectivity index (χ0n) is 15.4. The number of benzene rings is 1. The molecule has 0 saturated carbocycles. The van der Waals surface area contributed by atoms with Crippen molar-refractivity contribution in [1.82, 2.24) is 10.6 Å². The van der Waals surface area contributed by atoms with Crippen LogP contribution in [0.1, 0.15) is 28.7 Å². The molecule has 0 aliphatic heterocycles. The third-order valence-electron chi connectivity index (χ3n) is 3.72. The minimum Gasteiger partial charge on any atom is -0.357 e. The van der Waals surface area contributed by atoms with Gasteiger partial charge in [0, 0.05) is 40.0 Å². The Bertz CT molecular complexity index is 773. The first-order chi connectivity index (χ1) is 12.5. The summed E-state index contributed by atoms with van der Waals surface area (Å²) >= 11 is 7.82. The molecule has 0 unspecified atom stereocenters. The summed E-state index contributed by atoms with van der Waals surface area (Å²) in [7, 11) is 0. The van der Waals surface area contributed by atoms with Crippen molar-refractivity contribution in [2.75, 3.05) is 18.4 Å². The lowest BCUT2D eigenvalue weighted by molar-refractivity contribution is -0.116. The lowest BCUT2D eigenvalue weighted by Crippen LogP contribution is -2.38. The number of aryl methyl sites for hydroxylation is 1. The highest BCUT2D eigenvalue weighted by atomic mass is 35.5. The minimum atomic E-state index is -0.0624. The van der Waals surface area contributed by atoms with E-state index in [9.17, 15) is 4.79 Å². The van der Waals surface area contributed by atoms with Gasteiger partial charge in [-0.05, 0) is 50.6 Å². The standard InChI is InChI=1S/C19H25ClN4OS/c1-4-21-19(23-12-15-9-8-13(2)26-15)22-11-10-18(25)24-17-7-5-6-16(20)14(17)3/h5-9H,4,10-12H2,1-3H3,(H,24,25)(H2,21,22,23). The van der Waals surface area contributed by atoms with Crippen LogP contribution in [0.25, 0.3) is 0 Å². The molecule has 0 aliphatic carbocycles. The zero-order valence-corrected chi connectivity index (χ0v) is 16.9. The topological polar surface area (TPSA) is 65.5 Å². The highest BCUT2D eigenvalue weighted by Crippen LogP contribution is 2.22. The number of carbonyl (C=O) groups is 1. The molecule has 0 radical (unpaired) electrons. The van der Waals surface area contributed by atoms with Crippen LogP contribution >= 0.6 is 22.9 Å². The number of anilines is 1. The summed E-state index contributed by atoms with van der Waals surface area (Å²) < 4.78 is 0. The molecule has 26 heavy (non-hydrogen) atoms.